The number of carboxylic acid groups (broad SMARTS) is 1. The molecular weight excluding hydrogens is 248 g/mol. The highest BCUT2D eigenvalue weighted by Crippen LogP contribution is 2.26. The molecule has 0 amide bonds. The average molecular weight is 263 g/mol. The number of nitrogens with zero attached hydrogens (tertiary/aromatic N) is 2. The van der Waals surface area contributed by atoms with Crippen LogP contribution in [0.25, 0.3) is 0 Å². The first kappa shape index (κ1) is 14.0. The number of aliphatic hydroxyl groups excluding tert-OH is 2. The molecular formula is C10H15ClN2O4. The molecule has 3 N–H and O–H groups in total. The Kier molecular flexibility index (Phi) is 4.50. The fourth-order valence-electron chi connectivity index (χ4n) is 1.74. The largest absolute Gasteiger partial charge is 0.477 e. The number of carboxylic acids is 1. The summed E-state index contributed by atoms with van der Waals surface area (Å²) in [4.78, 5) is 11.1. The first-order valence-corrected chi connectivity index (χ1v) is 5.62. The molecule has 1 rings (SSSR count). The molecule has 7 heteroatoms. The lowest BCUT2D eigenvalue weighted by Crippen LogP contribution is -2.21. The quantitative estimate of drug-likeness (QED) is 0.670. The normalized spacial score (nSPS) is 14.6. The van der Waals surface area contributed by atoms with E-state index in [1.807, 2.05) is 0 Å². The molecule has 6 nitrogen and oxygen atoms in total. The minimum atomic E-state index is -1.30. The van der Waals surface area contributed by atoms with Crippen LogP contribution in [0.1, 0.15) is 34.3 Å². The Labute approximate surface area is 103 Å². The van der Waals surface area contributed by atoms with Gasteiger partial charge in [-0.1, -0.05) is 0 Å². The summed E-state index contributed by atoms with van der Waals surface area (Å²) in [5.41, 5.74) is 0.396. The van der Waals surface area contributed by atoms with Gasteiger partial charge in [-0.3, -0.25) is 4.68 Å². The molecule has 0 spiro atoms. The minimum absolute atomic E-state index is 0.122. The maximum Gasteiger partial charge on any atom is 0.354 e. The molecule has 0 aromatic carbocycles. The van der Waals surface area contributed by atoms with Crippen molar-refractivity contribution in [2.75, 3.05) is 5.88 Å². The van der Waals surface area contributed by atoms with Crippen LogP contribution in [-0.2, 0) is 7.05 Å². The van der Waals surface area contributed by atoms with Gasteiger partial charge in [0.25, 0.3) is 0 Å². The van der Waals surface area contributed by atoms with E-state index in [0.29, 0.717) is 5.69 Å². The number of aryl methyl sites for hydroxylation is 2. The van der Waals surface area contributed by atoms with Crippen LogP contribution in [-0.4, -0.2) is 43.1 Å². The van der Waals surface area contributed by atoms with Crippen molar-refractivity contribution in [3.63, 3.8) is 0 Å². The standard InChI is InChI=1S/C10H15ClN2O4/c1-5-7(9(15)6(14)3-4-11)8(10(16)17)13(2)12-5/h6,9,14-15H,3-4H2,1-2H3,(H,16,17). The number of aromatic carboxylic acids is 1. The van der Waals surface area contributed by atoms with E-state index < -0.39 is 18.2 Å². The molecule has 96 valence electrons. The van der Waals surface area contributed by atoms with Gasteiger partial charge in [0.1, 0.15) is 6.10 Å². The van der Waals surface area contributed by atoms with Crippen molar-refractivity contribution in [1.82, 2.24) is 9.78 Å². The molecule has 0 aliphatic rings. The van der Waals surface area contributed by atoms with Crippen molar-refractivity contribution in [3.05, 3.63) is 17.0 Å². The van der Waals surface area contributed by atoms with Gasteiger partial charge < -0.3 is 15.3 Å². The molecule has 0 radical (unpaired) electrons. The SMILES string of the molecule is Cc1nn(C)c(C(=O)O)c1C(O)C(O)CCCl. The molecule has 0 aliphatic heterocycles. The second-order valence-corrected chi connectivity index (χ2v) is 4.14. The Balaban J connectivity index is 3.16. The summed E-state index contributed by atoms with van der Waals surface area (Å²) in [5.74, 6) is -1.01. The summed E-state index contributed by atoms with van der Waals surface area (Å²) >= 11 is 5.47. The second kappa shape index (κ2) is 5.48. The summed E-state index contributed by atoms with van der Waals surface area (Å²) in [6.45, 7) is 1.58. The number of aromatic nitrogens is 2. The number of rotatable bonds is 5. The lowest BCUT2D eigenvalue weighted by Gasteiger charge is -2.17. The van der Waals surface area contributed by atoms with E-state index in [9.17, 15) is 15.0 Å². The number of hydrogen-bond donors (Lipinski definition) is 3. The summed E-state index contributed by atoms with van der Waals surface area (Å²) in [7, 11) is 1.47. The van der Waals surface area contributed by atoms with Gasteiger partial charge in [0.2, 0.25) is 0 Å². The molecule has 1 aromatic rings. The fraction of sp³-hybridized carbons (Fsp3) is 0.600. The molecule has 0 fully saturated rings. The van der Waals surface area contributed by atoms with E-state index in [1.54, 1.807) is 6.92 Å². The molecule has 0 saturated carbocycles. The van der Waals surface area contributed by atoms with Crippen molar-refractivity contribution in [3.8, 4) is 0 Å². The molecule has 1 heterocycles. The van der Waals surface area contributed by atoms with Crippen LogP contribution in [0.4, 0.5) is 0 Å². The Morgan fingerprint density at radius 3 is 2.59 bits per heavy atom. The van der Waals surface area contributed by atoms with Crippen LogP contribution in [0, 0.1) is 6.92 Å². The zero-order valence-electron chi connectivity index (χ0n) is 9.59. The van der Waals surface area contributed by atoms with Crippen LogP contribution in [0.3, 0.4) is 0 Å². The molecule has 0 aliphatic carbocycles. The molecule has 2 atom stereocenters. The monoisotopic (exact) mass is 262 g/mol. The first-order valence-electron chi connectivity index (χ1n) is 5.09. The molecule has 1 aromatic heterocycles. The van der Waals surface area contributed by atoms with E-state index in [4.69, 9.17) is 16.7 Å². The Morgan fingerprint density at radius 2 is 2.12 bits per heavy atom. The van der Waals surface area contributed by atoms with Gasteiger partial charge in [-0.2, -0.15) is 5.10 Å². The van der Waals surface area contributed by atoms with E-state index >= 15 is 0 Å². The van der Waals surface area contributed by atoms with Crippen LogP contribution in [0.5, 0.6) is 0 Å². The van der Waals surface area contributed by atoms with E-state index in [1.165, 1.54) is 11.7 Å². The maximum absolute atomic E-state index is 11.1. The van der Waals surface area contributed by atoms with Crippen LogP contribution in [0.2, 0.25) is 0 Å². The highest BCUT2D eigenvalue weighted by molar-refractivity contribution is 6.17. The van der Waals surface area contributed by atoms with Crippen LogP contribution >= 0.6 is 11.6 Å². The smallest absolute Gasteiger partial charge is 0.354 e. The maximum atomic E-state index is 11.1. The second-order valence-electron chi connectivity index (χ2n) is 3.77. The highest BCUT2D eigenvalue weighted by Gasteiger charge is 2.29. The van der Waals surface area contributed by atoms with Gasteiger partial charge in [0, 0.05) is 18.5 Å². The Bertz CT molecular complexity index is 419. The topological polar surface area (TPSA) is 95.6 Å². The summed E-state index contributed by atoms with van der Waals surface area (Å²) in [5, 5.41) is 32.5. The van der Waals surface area contributed by atoms with Crippen molar-refractivity contribution < 1.29 is 20.1 Å². The molecule has 17 heavy (non-hydrogen) atoms. The lowest BCUT2D eigenvalue weighted by molar-refractivity contribution is 0.0155. The van der Waals surface area contributed by atoms with Crippen molar-refractivity contribution in [2.45, 2.75) is 25.6 Å². The minimum Gasteiger partial charge on any atom is -0.477 e. The van der Waals surface area contributed by atoms with Crippen LogP contribution < -0.4 is 0 Å². The van der Waals surface area contributed by atoms with Crippen molar-refractivity contribution in [2.24, 2.45) is 7.05 Å². The number of alkyl halides is 1. The Morgan fingerprint density at radius 1 is 1.53 bits per heavy atom. The predicted octanol–water partition coefficient (Wildman–Crippen LogP) is 0.450. The number of hydrogen-bond acceptors (Lipinski definition) is 4. The number of aliphatic hydroxyl groups is 2. The fourth-order valence-corrected chi connectivity index (χ4v) is 1.97. The summed E-state index contributed by atoms with van der Waals surface area (Å²) < 4.78 is 1.17. The third-order valence-corrected chi connectivity index (χ3v) is 2.75. The number of carbonyl (C=O) groups is 1. The van der Waals surface area contributed by atoms with Gasteiger partial charge >= 0.3 is 5.97 Å². The number of halogens is 1. The molecule has 2 unspecified atom stereocenters. The highest BCUT2D eigenvalue weighted by atomic mass is 35.5. The lowest BCUT2D eigenvalue weighted by atomic mass is 10.0. The van der Waals surface area contributed by atoms with Gasteiger partial charge in [0.15, 0.2) is 5.69 Å². The third kappa shape index (κ3) is 2.77. The summed E-state index contributed by atoms with van der Waals surface area (Å²) in [6, 6.07) is 0. The molecule has 0 saturated heterocycles. The van der Waals surface area contributed by atoms with Gasteiger partial charge in [-0.05, 0) is 13.3 Å². The predicted molar refractivity (Wildman–Crippen MR) is 61.2 cm³/mol. The average Bonchev–Trinajstić information content (AvgIpc) is 2.52. The van der Waals surface area contributed by atoms with E-state index in [0.717, 1.165) is 0 Å². The van der Waals surface area contributed by atoms with Gasteiger partial charge in [-0.15, -0.1) is 11.6 Å². The van der Waals surface area contributed by atoms with Gasteiger partial charge in [-0.25, -0.2) is 4.79 Å². The Hall–Kier alpha value is -1.11. The zero-order valence-corrected chi connectivity index (χ0v) is 10.3. The van der Waals surface area contributed by atoms with E-state index in [-0.39, 0.29) is 23.6 Å². The van der Waals surface area contributed by atoms with Crippen LogP contribution in [0.15, 0.2) is 0 Å². The summed E-state index contributed by atoms with van der Waals surface area (Å²) in [6.07, 6.45) is -2.22. The third-order valence-electron chi connectivity index (χ3n) is 2.54. The van der Waals surface area contributed by atoms with Crippen molar-refractivity contribution >= 4 is 17.6 Å². The van der Waals surface area contributed by atoms with E-state index in [2.05, 4.69) is 5.10 Å². The van der Waals surface area contributed by atoms with Crippen molar-refractivity contribution in [1.29, 1.82) is 0 Å². The zero-order chi connectivity index (χ0) is 13.2. The van der Waals surface area contributed by atoms with Gasteiger partial charge in [0.05, 0.1) is 11.8 Å². The first-order chi connectivity index (χ1) is 7.90. The molecule has 0 bridgehead atoms.